The zero-order valence-corrected chi connectivity index (χ0v) is 20.2. The van der Waals surface area contributed by atoms with Gasteiger partial charge in [-0.25, -0.2) is 0 Å². The topological polar surface area (TPSA) is 90.0 Å². The van der Waals surface area contributed by atoms with E-state index >= 15 is 0 Å². The summed E-state index contributed by atoms with van der Waals surface area (Å²) >= 11 is 6.79. The van der Waals surface area contributed by atoms with Gasteiger partial charge in [-0.3, -0.25) is 14.5 Å². The minimum absolute atomic E-state index is 0.00964. The molecule has 0 unspecified atom stereocenters. The van der Waals surface area contributed by atoms with Gasteiger partial charge in [0.25, 0.3) is 11.1 Å². The third-order valence-electron chi connectivity index (χ3n) is 4.82. The minimum atomic E-state index is -4.10. The van der Waals surface area contributed by atoms with E-state index in [2.05, 4.69) is 0 Å². The number of carbonyl (C=O) groups excluding carboxylic acids is 2. The first-order valence-electron chi connectivity index (χ1n) is 9.94. The van der Waals surface area contributed by atoms with Crippen LogP contribution in [0.4, 0.5) is 4.79 Å². The summed E-state index contributed by atoms with van der Waals surface area (Å²) in [5.74, 6) is -0.297. The maximum Gasteiger partial charge on any atom is 0.339 e. The zero-order valence-electron chi connectivity index (χ0n) is 17.8. The Bertz CT molecular complexity index is 1390. The summed E-state index contributed by atoms with van der Waals surface area (Å²) in [5.41, 5.74) is 1.19. The summed E-state index contributed by atoms with van der Waals surface area (Å²) in [6, 6.07) is 19.2. The predicted octanol–water partition coefficient (Wildman–Crippen LogP) is 5.35. The van der Waals surface area contributed by atoms with Crippen LogP contribution in [-0.2, 0) is 21.5 Å². The van der Waals surface area contributed by atoms with Gasteiger partial charge in [-0.05, 0) is 65.4 Å². The molecule has 1 fully saturated rings. The fourth-order valence-electron chi connectivity index (χ4n) is 3.21. The van der Waals surface area contributed by atoms with Crippen LogP contribution in [0.1, 0.15) is 11.1 Å². The van der Waals surface area contributed by atoms with Crippen LogP contribution in [0.3, 0.4) is 0 Å². The summed E-state index contributed by atoms with van der Waals surface area (Å²) < 4.78 is 35.8. The molecule has 0 atom stereocenters. The highest BCUT2D eigenvalue weighted by Crippen LogP contribution is 2.36. The second-order valence-corrected chi connectivity index (χ2v) is 10.1. The SMILES string of the molecule is COc1ccc(/C=C2\SC(=O)N(Cc3cccc(Cl)c3)C2=O)cc1OS(=O)(=O)c1ccccc1. The van der Waals surface area contributed by atoms with E-state index in [1.807, 2.05) is 0 Å². The summed E-state index contributed by atoms with van der Waals surface area (Å²) in [7, 11) is -2.72. The monoisotopic (exact) mass is 515 g/mol. The maximum absolute atomic E-state index is 12.9. The third kappa shape index (κ3) is 5.27. The van der Waals surface area contributed by atoms with Gasteiger partial charge in [0.15, 0.2) is 11.5 Å². The lowest BCUT2D eigenvalue weighted by Crippen LogP contribution is -2.27. The number of amides is 2. The molecule has 2 amide bonds. The number of benzene rings is 3. The van der Waals surface area contributed by atoms with Crippen LogP contribution in [0.5, 0.6) is 11.5 Å². The lowest BCUT2D eigenvalue weighted by Gasteiger charge is -2.13. The third-order valence-corrected chi connectivity index (χ3v) is 7.21. The summed E-state index contributed by atoms with van der Waals surface area (Å²) in [4.78, 5) is 26.6. The van der Waals surface area contributed by atoms with Crippen molar-refractivity contribution in [3.8, 4) is 11.5 Å². The lowest BCUT2D eigenvalue weighted by molar-refractivity contribution is -0.123. The van der Waals surface area contributed by atoms with Gasteiger partial charge >= 0.3 is 10.1 Å². The highest BCUT2D eigenvalue weighted by Gasteiger charge is 2.35. The van der Waals surface area contributed by atoms with Crippen LogP contribution in [0, 0.1) is 0 Å². The molecule has 0 saturated carbocycles. The van der Waals surface area contributed by atoms with Gasteiger partial charge in [-0.2, -0.15) is 8.42 Å². The van der Waals surface area contributed by atoms with E-state index in [4.69, 9.17) is 20.5 Å². The Morgan fingerprint density at radius 3 is 2.44 bits per heavy atom. The molecule has 1 aliphatic heterocycles. The van der Waals surface area contributed by atoms with Crippen molar-refractivity contribution >= 4 is 50.7 Å². The van der Waals surface area contributed by atoms with Crippen LogP contribution in [-0.4, -0.2) is 31.6 Å². The van der Waals surface area contributed by atoms with Gasteiger partial charge in [0.1, 0.15) is 4.90 Å². The molecule has 1 heterocycles. The Hall–Kier alpha value is -3.27. The average Bonchev–Trinajstić information content (AvgIpc) is 3.07. The first-order chi connectivity index (χ1) is 16.3. The molecular weight excluding hydrogens is 498 g/mol. The number of halogens is 1. The molecule has 0 radical (unpaired) electrons. The Morgan fingerprint density at radius 1 is 0.971 bits per heavy atom. The van der Waals surface area contributed by atoms with Crippen molar-refractivity contribution in [1.82, 2.24) is 4.90 Å². The fraction of sp³-hybridized carbons (Fsp3) is 0.0833. The van der Waals surface area contributed by atoms with Crippen molar-refractivity contribution in [3.05, 3.63) is 93.9 Å². The van der Waals surface area contributed by atoms with E-state index in [-0.39, 0.29) is 27.8 Å². The fourth-order valence-corrected chi connectivity index (χ4v) is 5.21. The predicted molar refractivity (Wildman–Crippen MR) is 130 cm³/mol. The molecule has 4 rings (SSSR count). The van der Waals surface area contributed by atoms with Crippen LogP contribution in [0.2, 0.25) is 5.02 Å². The molecule has 0 aliphatic carbocycles. The summed E-state index contributed by atoms with van der Waals surface area (Å²) in [6.07, 6.45) is 1.50. The number of carbonyl (C=O) groups is 2. The highest BCUT2D eigenvalue weighted by molar-refractivity contribution is 8.18. The van der Waals surface area contributed by atoms with Crippen molar-refractivity contribution in [2.24, 2.45) is 0 Å². The zero-order chi connectivity index (χ0) is 24.3. The largest absolute Gasteiger partial charge is 0.493 e. The molecule has 0 bridgehead atoms. The maximum atomic E-state index is 12.9. The van der Waals surface area contributed by atoms with Crippen molar-refractivity contribution < 1.29 is 26.9 Å². The number of hydrogen-bond acceptors (Lipinski definition) is 7. The van der Waals surface area contributed by atoms with E-state index in [0.717, 1.165) is 22.2 Å². The molecule has 0 aromatic heterocycles. The van der Waals surface area contributed by atoms with E-state index in [9.17, 15) is 18.0 Å². The van der Waals surface area contributed by atoms with E-state index < -0.39 is 21.3 Å². The molecule has 7 nitrogen and oxygen atoms in total. The van der Waals surface area contributed by atoms with Crippen LogP contribution < -0.4 is 8.92 Å². The minimum Gasteiger partial charge on any atom is -0.493 e. The van der Waals surface area contributed by atoms with Gasteiger partial charge in [0, 0.05) is 5.02 Å². The molecule has 1 aliphatic rings. The van der Waals surface area contributed by atoms with Gasteiger partial charge in [-0.15, -0.1) is 0 Å². The Kier molecular flexibility index (Phi) is 6.97. The molecule has 0 N–H and O–H groups in total. The molecule has 3 aromatic rings. The Labute approximate surface area is 206 Å². The van der Waals surface area contributed by atoms with Gasteiger partial charge in [-0.1, -0.05) is 48.0 Å². The number of imide groups is 1. The van der Waals surface area contributed by atoms with Gasteiger partial charge < -0.3 is 8.92 Å². The van der Waals surface area contributed by atoms with Crippen LogP contribution in [0.25, 0.3) is 6.08 Å². The molecule has 1 saturated heterocycles. The lowest BCUT2D eigenvalue weighted by atomic mass is 10.1. The molecule has 34 heavy (non-hydrogen) atoms. The smallest absolute Gasteiger partial charge is 0.339 e. The molecule has 10 heteroatoms. The summed E-state index contributed by atoms with van der Waals surface area (Å²) in [6.45, 7) is 0.0921. The summed E-state index contributed by atoms with van der Waals surface area (Å²) in [5, 5.41) is 0.101. The Balaban J connectivity index is 1.59. The molecule has 174 valence electrons. The van der Waals surface area contributed by atoms with E-state index in [0.29, 0.717) is 10.6 Å². The second kappa shape index (κ2) is 9.92. The van der Waals surface area contributed by atoms with Crippen molar-refractivity contribution in [2.75, 3.05) is 7.11 Å². The second-order valence-electron chi connectivity index (χ2n) is 7.16. The number of thioether (sulfide) groups is 1. The molecular formula is C24H18ClNO6S2. The number of rotatable bonds is 7. The highest BCUT2D eigenvalue weighted by atomic mass is 35.5. The van der Waals surface area contributed by atoms with E-state index in [1.54, 1.807) is 48.5 Å². The first-order valence-corrected chi connectivity index (χ1v) is 12.5. The van der Waals surface area contributed by atoms with Crippen LogP contribution >= 0.6 is 23.4 Å². The molecule has 3 aromatic carbocycles. The number of methoxy groups -OCH3 is 1. The van der Waals surface area contributed by atoms with E-state index in [1.165, 1.54) is 37.5 Å². The number of ether oxygens (including phenoxy) is 1. The first kappa shape index (κ1) is 23.9. The van der Waals surface area contributed by atoms with Crippen molar-refractivity contribution in [2.45, 2.75) is 11.4 Å². The molecule has 0 spiro atoms. The Morgan fingerprint density at radius 2 is 1.74 bits per heavy atom. The van der Waals surface area contributed by atoms with Gasteiger partial charge in [0.05, 0.1) is 18.6 Å². The number of nitrogens with zero attached hydrogens (tertiary/aromatic N) is 1. The van der Waals surface area contributed by atoms with Gasteiger partial charge in [0.2, 0.25) is 0 Å². The number of hydrogen-bond donors (Lipinski definition) is 0. The quantitative estimate of drug-likeness (QED) is 0.309. The van der Waals surface area contributed by atoms with Crippen molar-refractivity contribution in [1.29, 1.82) is 0 Å². The van der Waals surface area contributed by atoms with Crippen LogP contribution in [0.15, 0.2) is 82.6 Å². The van der Waals surface area contributed by atoms with Crippen molar-refractivity contribution in [3.63, 3.8) is 0 Å². The standard InChI is InChI=1S/C24H18ClNO6S2/c1-31-20-11-10-16(13-21(20)32-34(29,30)19-8-3-2-4-9-19)14-22-23(27)26(24(28)33-22)15-17-6-5-7-18(25)12-17/h2-14H,15H2,1H3/b22-14-. The average molecular weight is 516 g/mol. The normalized spacial score (nSPS) is 15.1.